The van der Waals surface area contributed by atoms with Gasteiger partial charge in [-0.15, -0.1) is 6.58 Å². The molecule has 1 aliphatic carbocycles. The van der Waals surface area contributed by atoms with Crippen molar-refractivity contribution in [3.05, 3.63) is 64.7 Å². The molecule has 0 aliphatic heterocycles. The molecule has 0 spiro atoms. The lowest BCUT2D eigenvalue weighted by atomic mass is 9.80. The minimum Gasteiger partial charge on any atom is -0.475 e. The number of diazo groups is 1. The summed E-state index contributed by atoms with van der Waals surface area (Å²) in [6.45, 7) is 3.80. The van der Waals surface area contributed by atoms with E-state index in [0.29, 0.717) is 18.4 Å². The standard InChI is InChI=1S/C17H18N2O3/c1-2-3-10-22-17(21)15(19-18)11-13-9-8-12-6-4-5-7-14(12)16(13)20/h2,4-7,13H,1,3,8-11H2/p+1/b17-15-. The fourth-order valence-corrected chi connectivity index (χ4v) is 2.58. The molecular weight excluding hydrogens is 280 g/mol. The number of benzene rings is 1. The molecule has 1 N–H and O–H groups in total. The molecule has 0 saturated heterocycles. The van der Waals surface area contributed by atoms with Crippen LogP contribution in [0.1, 0.15) is 35.2 Å². The van der Waals surface area contributed by atoms with Crippen molar-refractivity contribution >= 4 is 5.78 Å². The van der Waals surface area contributed by atoms with E-state index < -0.39 is 5.95 Å². The number of carbonyl (C=O) groups is 1. The average molecular weight is 299 g/mol. The topological polar surface area (TPSA) is 74.7 Å². The highest BCUT2D eigenvalue weighted by Gasteiger charge is 2.33. The number of carbonyl (C=O) groups excluding carboxylic acids is 1. The van der Waals surface area contributed by atoms with Crippen molar-refractivity contribution < 1.29 is 14.6 Å². The molecule has 22 heavy (non-hydrogen) atoms. The Bertz CT molecular complexity index is 644. The van der Waals surface area contributed by atoms with E-state index >= 15 is 0 Å². The Morgan fingerprint density at radius 2 is 2.27 bits per heavy atom. The molecule has 1 aliphatic rings. The number of nitrogens with zero attached hydrogens (tertiary/aromatic N) is 2. The van der Waals surface area contributed by atoms with Gasteiger partial charge in [-0.2, -0.15) is 0 Å². The molecule has 0 heterocycles. The van der Waals surface area contributed by atoms with Crippen molar-refractivity contribution in [1.29, 1.82) is 5.39 Å². The second-order valence-corrected chi connectivity index (χ2v) is 5.24. The van der Waals surface area contributed by atoms with Crippen LogP contribution in [0.25, 0.3) is 4.98 Å². The molecule has 2 rings (SSSR count). The lowest BCUT2D eigenvalue weighted by Crippen LogP contribution is -2.23. The van der Waals surface area contributed by atoms with E-state index in [1.807, 2.05) is 24.3 Å². The van der Waals surface area contributed by atoms with Crippen LogP contribution in [0.15, 0.2) is 48.6 Å². The van der Waals surface area contributed by atoms with E-state index in [-0.39, 0.29) is 30.4 Å². The summed E-state index contributed by atoms with van der Waals surface area (Å²) in [6, 6.07) is 7.51. The van der Waals surface area contributed by atoms with Crippen molar-refractivity contribution in [2.45, 2.75) is 25.7 Å². The summed E-state index contributed by atoms with van der Waals surface area (Å²) in [6.07, 6.45) is 3.84. The fourth-order valence-electron chi connectivity index (χ4n) is 2.58. The molecule has 0 saturated carbocycles. The maximum atomic E-state index is 12.5. The van der Waals surface area contributed by atoms with Gasteiger partial charge in [-0.1, -0.05) is 30.3 Å². The van der Waals surface area contributed by atoms with E-state index in [2.05, 4.69) is 11.6 Å². The Kier molecular flexibility index (Phi) is 5.31. The van der Waals surface area contributed by atoms with Gasteiger partial charge in [0, 0.05) is 11.5 Å². The monoisotopic (exact) mass is 299 g/mol. The first kappa shape index (κ1) is 15.8. The van der Waals surface area contributed by atoms with Gasteiger partial charge in [-0.3, -0.25) is 4.79 Å². The highest BCUT2D eigenvalue weighted by molar-refractivity contribution is 6.00. The van der Waals surface area contributed by atoms with Gasteiger partial charge in [-0.05, 0) is 24.8 Å². The summed E-state index contributed by atoms with van der Waals surface area (Å²) in [5.41, 5.74) is 1.76. The highest BCUT2D eigenvalue weighted by atomic mass is 16.6. The van der Waals surface area contributed by atoms with Crippen LogP contribution in [-0.2, 0) is 11.2 Å². The number of allylic oxidation sites excluding steroid dienone is 1. The summed E-state index contributed by atoms with van der Waals surface area (Å²) in [7, 11) is 0. The molecule has 0 fully saturated rings. The van der Waals surface area contributed by atoms with E-state index in [0.717, 1.165) is 12.0 Å². The minimum absolute atomic E-state index is 0.00166. The number of ether oxygens (including phenoxy) is 1. The van der Waals surface area contributed by atoms with E-state index in [1.54, 1.807) is 6.08 Å². The van der Waals surface area contributed by atoms with Crippen LogP contribution in [0.3, 0.4) is 0 Å². The van der Waals surface area contributed by atoms with Crippen molar-refractivity contribution in [2.75, 3.05) is 6.61 Å². The number of fused-ring (bicyclic) bond motifs is 1. The molecule has 1 atom stereocenters. The predicted octanol–water partition coefficient (Wildman–Crippen LogP) is 3.99. The average Bonchev–Trinajstić information content (AvgIpc) is 2.54. The summed E-state index contributed by atoms with van der Waals surface area (Å²) in [4.78, 5) is 15.5. The van der Waals surface area contributed by atoms with Crippen LogP contribution in [0.2, 0.25) is 0 Å². The van der Waals surface area contributed by atoms with Crippen LogP contribution >= 0.6 is 0 Å². The van der Waals surface area contributed by atoms with Crippen molar-refractivity contribution in [3.8, 4) is 0 Å². The summed E-state index contributed by atoms with van der Waals surface area (Å²) in [5, 5.41) is 18.9. The second-order valence-electron chi connectivity index (χ2n) is 5.24. The van der Waals surface area contributed by atoms with Gasteiger partial charge in [0.1, 0.15) is 0 Å². The van der Waals surface area contributed by atoms with Crippen molar-refractivity contribution in [3.63, 3.8) is 0 Å². The summed E-state index contributed by atoms with van der Waals surface area (Å²) < 4.78 is 5.08. The van der Waals surface area contributed by atoms with Crippen LogP contribution in [-0.4, -0.2) is 17.5 Å². The third-order valence-electron chi connectivity index (χ3n) is 3.78. The number of rotatable bonds is 6. The summed E-state index contributed by atoms with van der Waals surface area (Å²) >= 11 is 0. The third kappa shape index (κ3) is 3.53. The highest BCUT2D eigenvalue weighted by Crippen LogP contribution is 2.30. The molecule has 0 radical (unpaired) electrons. The molecule has 5 nitrogen and oxygen atoms in total. The molecule has 114 valence electrons. The maximum Gasteiger partial charge on any atom is 0.441 e. The number of aryl methyl sites for hydroxylation is 1. The van der Waals surface area contributed by atoms with Gasteiger partial charge in [0.05, 0.1) is 13.0 Å². The van der Waals surface area contributed by atoms with Crippen LogP contribution in [0, 0.1) is 11.3 Å². The lowest BCUT2D eigenvalue weighted by Gasteiger charge is -2.21. The van der Waals surface area contributed by atoms with Crippen molar-refractivity contribution in [1.82, 2.24) is 0 Å². The molecule has 5 heteroatoms. The number of ketones is 1. The third-order valence-corrected chi connectivity index (χ3v) is 3.78. The first-order chi connectivity index (χ1) is 10.7. The fraction of sp³-hybridized carbons (Fsp3) is 0.353. The van der Waals surface area contributed by atoms with Gasteiger partial charge >= 0.3 is 11.6 Å². The van der Waals surface area contributed by atoms with Gasteiger partial charge in [0.25, 0.3) is 0 Å². The Labute approximate surface area is 129 Å². The largest absolute Gasteiger partial charge is 0.475 e. The Hall–Kier alpha value is -2.61. The number of Topliss-reactive ketones (excluding diaryl/α,β-unsaturated/α-hetero) is 1. The number of hydrogen-bond acceptors (Lipinski definition) is 4. The van der Waals surface area contributed by atoms with Gasteiger partial charge < -0.3 is 9.84 Å². The predicted molar refractivity (Wildman–Crippen MR) is 82.7 cm³/mol. The Morgan fingerprint density at radius 1 is 1.50 bits per heavy atom. The Balaban J connectivity index is 2.10. The smallest absolute Gasteiger partial charge is 0.441 e. The van der Waals surface area contributed by atoms with Crippen LogP contribution < -0.4 is 0 Å². The number of hydrogen-bond donors (Lipinski definition) is 1. The molecular formula is C17H19N2O3+. The maximum absolute atomic E-state index is 12.5. The first-order valence-corrected chi connectivity index (χ1v) is 7.30. The summed E-state index contributed by atoms with van der Waals surface area (Å²) in [5.74, 6) is -0.733. The van der Waals surface area contributed by atoms with Crippen molar-refractivity contribution in [2.24, 2.45) is 5.92 Å². The molecule has 0 aromatic heterocycles. The number of aliphatic hydroxyl groups excluding tert-OH is 1. The van der Waals surface area contributed by atoms with Gasteiger partial charge in [0.2, 0.25) is 5.39 Å². The SMILES string of the molecule is C=CCCO/C(O)=C(/CC1CCc2ccccc2C1=O)[N+]#N. The zero-order chi connectivity index (χ0) is 15.9. The van der Waals surface area contributed by atoms with E-state index in [9.17, 15) is 9.90 Å². The molecule has 1 aromatic rings. The second kappa shape index (κ2) is 7.41. The minimum atomic E-state index is -0.434. The first-order valence-electron chi connectivity index (χ1n) is 7.30. The van der Waals surface area contributed by atoms with Crippen LogP contribution in [0.5, 0.6) is 0 Å². The molecule has 1 unspecified atom stereocenters. The zero-order valence-corrected chi connectivity index (χ0v) is 12.4. The van der Waals surface area contributed by atoms with E-state index in [1.165, 1.54) is 0 Å². The molecule has 0 amide bonds. The quantitative estimate of drug-likeness (QED) is 0.373. The Morgan fingerprint density at radius 3 is 3.00 bits per heavy atom. The zero-order valence-electron chi connectivity index (χ0n) is 12.4. The number of aliphatic hydroxyl groups is 1. The normalized spacial score (nSPS) is 18.0. The van der Waals surface area contributed by atoms with Gasteiger partial charge in [-0.25, -0.2) is 0 Å². The van der Waals surface area contributed by atoms with E-state index in [4.69, 9.17) is 10.1 Å². The van der Waals surface area contributed by atoms with Crippen LogP contribution in [0.4, 0.5) is 0 Å². The molecule has 0 bridgehead atoms. The molecule has 1 aromatic carbocycles. The lowest BCUT2D eigenvalue weighted by molar-refractivity contribution is 0.0860. The van der Waals surface area contributed by atoms with Gasteiger partial charge in [0.15, 0.2) is 10.8 Å².